The van der Waals surface area contributed by atoms with Crippen LogP contribution in [0.4, 0.5) is 0 Å². The quantitative estimate of drug-likeness (QED) is 0.850. The van der Waals surface area contributed by atoms with Gasteiger partial charge in [-0.2, -0.15) is 0 Å². The SMILES string of the molecule is CCOc1ccc([C@@H](N)[C@H](C)O)cc1OC.Cl. The van der Waals surface area contributed by atoms with E-state index in [2.05, 4.69) is 0 Å². The maximum atomic E-state index is 9.41. The number of ether oxygens (including phenoxy) is 2. The van der Waals surface area contributed by atoms with E-state index < -0.39 is 12.1 Å². The largest absolute Gasteiger partial charge is 0.493 e. The number of aliphatic hydroxyl groups excluding tert-OH is 1. The summed E-state index contributed by atoms with van der Waals surface area (Å²) in [6, 6.07) is 5.03. The third-order valence-corrected chi connectivity index (χ3v) is 2.39. The number of halogens is 1. The Morgan fingerprint density at radius 2 is 2.00 bits per heavy atom. The van der Waals surface area contributed by atoms with E-state index in [1.807, 2.05) is 13.0 Å². The smallest absolute Gasteiger partial charge is 0.161 e. The van der Waals surface area contributed by atoms with Gasteiger partial charge < -0.3 is 20.3 Å². The van der Waals surface area contributed by atoms with Gasteiger partial charge in [-0.15, -0.1) is 12.4 Å². The van der Waals surface area contributed by atoms with E-state index >= 15 is 0 Å². The molecule has 1 rings (SSSR count). The summed E-state index contributed by atoms with van der Waals surface area (Å²) >= 11 is 0. The summed E-state index contributed by atoms with van der Waals surface area (Å²) in [5.74, 6) is 1.32. The number of rotatable bonds is 5. The average molecular weight is 262 g/mol. The Morgan fingerprint density at radius 1 is 1.35 bits per heavy atom. The van der Waals surface area contributed by atoms with E-state index in [0.29, 0.717) is 18.1 Å². The van der Waals surface area contributed by atoms with Gasteiger partial charge in [-0.1, -0.05) is 6.07 Å². The van der Waals surface area contributed by atoms with Crippen LogP contribution in [0.25, 0.3) is 0 Å². The number of benzene rings is 1. The highest BCUT2D eigenvalue weighted by Gasteiger charge is 2.14. The van der Waals surface area contributed by atoms with Crippen LogP contribution in [-0.2, 0) is 0 Å². The first-order valence-electron chi connectivity index (χ1n) is 5.34. The lowest BCUT2D eigenvalue weighted by atomic mass is 10.0. The minimum absolute atomic E-state index is 0. The first-order chi connectivity index (χ1) is 7.60. The molecule has 0 unspecified atom stereocenters. The van der Waals surface area contributed by atoms with E-state index in [-0.39, 0.29) is 12.4 Å². The standard InChI is InChI=1S/C12H19NO3.ClH/c1-4-16-10-6-5-9(7-11(10)15-3)12(13)8(2)14;/h5-8,12,14H,4,13H2,1-3H3;1H/t8-,12-;/m0./s1. The van der Waals surface area contributed by atoms with E-state index in [1.165, 1.54) is 0 Å². The van der Waals surface area contributed by atoms with Crippen molar-refractivity contribution in [2.24, 2.45) is 5.73 Å². The molecule has 0 aliphatic rings. The molecule has 0 fully saturated rings. The minimum Gasteiger partial charge on any atom is -0.493 e. The molecule has 4 nitrogen and oxygen atoms in total. The predicted octanol–water partition coefficient (Wildman–Crippen LogP) is 1.90. The van der Waals surface area contributed by atoms with Crippen molar-refractivity contribution in [1.82, 2.24) is 0 Å². The van der Waals surface area contributed by atoms with Crippen molar-refractivity contribution in [3.63, 3.8) is 0 Å². The van der Waals surface area contributed by atoms with Gasteiger partial charge in [-0.05, 0) is 31.5 Å². The monoisotopic (exact) mass is 261 g/mol. The molecule has 0 radical (unpaired) electrons. The lowest BCUT2D eigenvalue weighted by molar-refractivity contribution is 0.164. The Bertz CT molecular complexity index is 345. The zero-order valence-corrected chi connectivity index (χ0v) is 11.2. The molecule has 5 heteroatoms. The van der Waals surface area contributed by atoms with Crippen molar-refractivity contribution in [2.75, 3.05) is 13.7 Å². The average Bonchev–Trinajstić information content (AvgIpc) is 2.29. The van der Waals surface area contributed by atoms with Gasteiger partial charge in [0, 0.05) is 0 Å². The van der Waals surface area contributed by atoms with Crippen LogP contribution >= 0.6 is 12.4 Å². The van der Waals surface area contributed by atoms with Gasteiger partial charge in [0.25, 0.3) is 0 Å². The fraction of sp³-hybridized carbons (Fsp3) is 0.500. The Kier molecular flexibility index (Phi) is 6.95. The van der Waals surface area contributed by atoms with Crippen LogP contribution in [0.15, 0.2) is 18.2 Å². The molecule has 0 aliphatic carbocycles. The second kappa shape index (κ2) is 7.37. The maximum Gasteiger partial charge on any atom is 0.161 e. The van der Waals surface area contributed by atoms with Crippen LogP contribution in [0, 0.1) is 0 Å². The normalized spacial score (nSPS) is 13.5. The molecular weight excluding hydrogens is 242 g/mol. The third kappa shape index (κ3) is 4.07. The second-order valence-electron chi connectivity index (χ2n) is 3.61. The second-order valence-corrected chi connectivity index (χ2v) is 3.61. The van der Waals surface area contributed by atoms with Crippen LogP contribution in [0.3, 0.4) is 0 Å². The Morgan fingerprint density at radius 3 is 2.47 bits per heavy atom. The van der Waals surface area contributed by atoms with Gasteiger partial charge in [0.15, 0.2) is 11.5 Å². The summed E-state index contributed by atoms with van der Waals surface area (Å²) < 4.78 is 10.6. The number of hydrogen-bond acceptors (Lipinski definition) is 4. The first-order valence-corrected chi connectivity index (χ1v) is 5.34. The molecule has 0 heterocycles. The van der Waals surface area contributed by atoms with Crippen molar-refractivity contribution in [1.29, 1.82) is 0 Å². The molecule has 2 atom stereocenters. The third-order valence-electron chi connectivity index (χ3n) is 2.39. The fourth-order valence-corrected chi connectivity index (χ4v) is 1.44. The van der Waals surface area contributed by atoms with E-state index in [1.54, 1.807) is 26.2 Å². The van der Waals surface area contributed by atoms with Gasteiger partial charge in [-0.25, -0.2) is 0 Å². The molecular formula is C12H20ClNO3. The highest BCUT2D eigenvalue weighted by Crippen LogP contribution is 2.30. The van der Waals surface area contributed by atoms with Gasteiger partial charge in [0.05, 0.1) is 25.9 Å². The number of hydrogen-bond donors (Lipinski definition) is 2. The van der Waals surface area contributed by atoms with Crippen LogP contribution in [0.2, 0.25) is 0 Å². The Hall–Kier alpha value is -0.970. The molecule has 0 saturated heterocycles. The summed E-state index contributed by atoms with van der Waals surface area (Å²) in [6.07, 6.45) is -0.595. The van der Waals surface area contributed by atoms with Gasteiger partial charge >= 0.3 is 0 Å². The van der Waals surface area contributed by atoms with Crippen molar-refractivity contribution in [2.45, 2.75) is 26.0 Å². The van der Waals surface area contributed by atoms with Gasteiger partial charge in [0.1, 0.15) is 0 Å². The molecule has 98 valence electrons. The minimum atomic E-state index is -0.595. The predicted molar refractivity (Wildman–Crippen MR) is 70.0 cm³/mol. The molecule has 0 spiro atoms. The molecule has 0 aliphatic heterocycles. The van der Waals surface area contributed by atoms with Crippen molar-refractivity contribution in [3.05, 3.63) is 23.8 Å². The van der Waals surface area contributed by atoms with Gasteiger partial charge in [-0.3, -0.25) is 0 Å². The Balaban J connectivity index is 0.00000256. The topological polar surface area (TPSA) is 64.7 Å². The number of methoxy groups -OCH3 is 1. The molecule has 0 amide bonds. The number of aliphatic hydroxyl groups is 1. The van der Waals surface area contributed by atoms with E-state index in [0.717, 1.165) is 5.56 Å². The molecule has 0 aromatic heterocycles. The van der Waals surface area contributed by atoms with Crippen molar-refractivity contribution in [3.8, 4) is 11.5 Å². The molecule has 1 aromatic carbocycles. The van der Waals surface area contributed by atoms with E-state index in [9.17, 15) is 5.11 Å². The van der Waals surface area contributed by atoms with Crippen molar-refractivity contribution < 1.29 is 14.6 Å². The highest BCUT2D eigenvalue weighted by atomic mass is 35.5. The summed E-state index contributed by atoms with van der Waals surface area (Å²) in [6.45, 7) is 4.15. The highest BCUT2D eigenvalue weighted by molar-refractivity contribution is 5.85. The van der Waals surface area contributed by atoms with Crippen LogP contribution in [0.1, 0.15) is 25.5 Å². The summed E-state index contributed by atoms with van der Waals surface area (Å²) in [4.78, 5) is 0. The van der Waals surface area contributed by atoms with Gasteiger partial charge in [0.2, 0.25) is 0 Å². The molecule has 1 aromatic rings. The summed E-state index contributed by atoms with van der Waals surface area (Å²) in [5, 5.41) is 9.41. The molecule has 3 N–H and O–H groups in total. The number of nitrogens with two attached hydrogens (primary N) is 1. The Labute approximate surface area is 108 Å². The molecule has 0 saturated carbocycles. The lowest BCUT2D eigenvalue weighted by Gasteiger charge is -2.17. The summed E-state index contributed by atoms with van der Waals surface area (Å²) in [5.41, 5.74) is 6.67. The van der Waals surface area contributed by atoms with Crippen molar-refractivity contribution >= 4 is 12.4 Å². The zero-order valence-electron chi connectivity index (χ0n) is 10.3. The maximum absolute atomic E-state index is 9.41. The lowest BCUT2D eigenvalue weighted by Crippen LogP contribution is -2.23. The fourth-order valence-electron chi connectivity index (χ4n) is 1.44. The van der Waals surface area contributed by atoms with E-state index in [4.69, 9.17) is 15.2 Å². The molecule has 0 bridgehead atoms. The first kappa shape index (κ1) is 16.0. The zero-order chi connectivity index (χ0) is 12.1. The van der Waals surface area contributed by atoms with Crippen LogP contribution < -0.4 is 15.2 Å². The summed E-state index contributed by atoms with van der Waals surface area (Å²) in [7, 11) is 1.58. The molecule has 17 heavy (non-hydrogen) atoms. The van der Waals surface area contributed by atoms with Crippen LogP contribution in [0.5, 0.6) is 11.5 Å². The van der Waals surface area contributed by atoms with Crippen LogP contribution in [-0.4, -0.2) is 24.9 Å².